The van der Waals surface area contributed by atoms with Gasteiger partial charge in [-0.1, -0.05) is 13.8 Å². The molecule has 3 rings (SSSR count). The first-order chi connectivity index (χ1) is 10.9. The molecule has 1 unspecified atom stereocenters. The topological polar surface area (TPSA) is 64.4 Å². The Labute approximate surface area is 136 Å². The van der Waals surface area contributed by atoms with E-state index in [2.05, 4.69) is 24.1 Å². The number of aryl methyl sites for hydroxylation is 1. The van der Waals surface area contributed by atoms with E-state index in [0.717, 1.165) is 29.9 Å². The Bertz CT molecular complexity index is 734. The van der Waals surface area contributed by atoms with E-state index in [-0.39, 0.29) is 17.4 Å². The molecule has 1 N–H and O–H groups in total. The van der Waals surface area contributed by atoms with Crippen LogP contribution in [0.1, 0.15) is 53.8 Å². The number of furan rings is 1. The van der Waals surface area contributed by atoms with Crippen molar-refractivity contribution in [3.8, 4) is 5.88 Å². The molecule has 5 nitrogen and oxygen atoms in total. The van der Waals surface area contributed by atoms with Crippen LogP contribution in [0.3, 0.4) is 0 Å². The first kappa shape index (κ1) is 15.6. The van der Waals surface area contributed by atoms with Crippen molar-refractivity contribution in [2.24, 2.45) is 5.41 Å². The number of amides is 1. The summed E-state index contributed by atoms with van der Waals surface area (Å²) in [5.74, 6) is 2.01. The lowest BCUT2D eigenvalue weighted by Crippen LogP contribution is -2.36. The highest BCUT2D eigenvalue weighted by atomic mass is 16.5. The van der Waals surface area contributed by atoms with E-state index in [1.807, 2.05) is 13.0 Å². The molecule has 0 spiro atoms. The van der Waals surface area contributed by atoms with Gasteiger partial charge < -0.3 is 14.5 Å². The summed E-state index contributed by atoms with van der Waals surface area (Å²) in [7, 11) is 1.51. The lowest BCUT2D eigenvalue weighted by atomic mass is 9.74. The third kappa shape index (κ3) is 3.09. The Morgan fingerprint density at radius 2 is 2.26 bits per heavy atom. The average Bonchev–Trinajstić information content (AvgIpc) is 2.86. The van der Waals surface area contributed by atoms with E-state index in [1.54, 1.807) is 18.3 Å². The molecule has 1 atom stereocenters. The molecule has 1 aliphatic rings. The van der Waals surface area contributed by atoms with Gasteiger partial charge in [-0.05, 0) is 37.0 Å². The molecule has 0 saturated carbocycles. The Morgan fingerprint density at radius 1 is 1.48 bits per heavy atom. The van der Waals surface area contributed by atoms with E-state index >= 15 is 0 Å². The van der Waals surface area contributed by atoms with E-state index in [1.165, 1.54) is 7.11 Å². The second-order valence-corrected chi connectivity index (χ2v) is 6.87. The van der Waals surface area contributed by atoms with Gasteiger partial charge in [-0.3, -0.25) is 4.79 Å². The molecule has 1 aliphatic carbocycles. The molecule has 0 aliphatic heterocycles. The monoisotopic (exact) mass is 314 g/mol. The van der Waals surface area contributed by atoms with Gasteiger partial charge in [-0.2, -0.15) is 0 Å². The van der Waals surface area contributed by atoms with Crippen LogP contribution < -0.4 is 10.1 Å². The zero-order valence-corrected chi connectivity index (χ0v) is 14.0. The Balaban J connectivity index is 1.88. The van der Waals surface area contributed by atoms with Gasteiger partial charge in [0.25, 0.3) is 5.91 Å². The number of hydrogen-bond acceptors (Lipinski definition) is 4. The molecule has 5 heteroatoms. The summed E-state index contributed by atoms with van der Waals surface area (Å²) < 4.78 is 11.0. The Hall–Kier alpha value is -2.30. The number of aromatic nitrogens is 1. The maximum absolute atomic E-state index is 12.7. The number of rotatable bonds is 3. The normalized spacial score (nSPS) is 19.0. The van der Waals surface area contributed by atoms with Crippen LogP contribution in [0.2, 0.25) is 0 Å². The molecule has 0 bridgehead atoms. The standard InChI is InChI=1S/C18H22N2O3/c1-11-8-13-14(9-18(2,3)10-15(13)23-11)20-16(21)12-6-5-7-19-17(12)22-4/h5-8,14H,9-10H2,1-4H3,(H,20,21). The van der Waals surface area contributed by atoms with Gasteiger partial charge in [-0.15, -0.1) is 0 Å². The van der Waals surface area contributed by atoms with E-state index in [4.69, 9.17) is 9.15 Å². The molecular formula is C18H22N2O3. The molecule has 0 radical (unpaired) electrons. The minimum Gasteiger partial charge on any atom is -0.480 e. The maximum Gasteiger partial charge on any atom is 0.257 e. The number of carbonyl (C=O) groups excluding carboxylic acids is 1. The van der Waals surface area contributed by atoms with Crippen LogP contribution in [-0.2, 0) is 6.42 Å². The molecule has 1 amide bonds. The lowest BCUT2D eigenvalue weighted by Gasteiger charge is -2.34. The summed E-state index contributed by atoms with van der Waals surface area (Å²) >= 11 is 0. The first-order valence-electron chi connectivity index (χ1n) is 7.79. The van der Waals surface area contributed by atoms with Crippen LogP contribution in [0.15, 0.2) is 28.8 Å². The Kier molecular flexibility index (Phi) is 3.88. The number of hydrogen-bond donors (Lipinski definition) is 1. The summed E-state index contributed by atoms with van der Waals surface area (Å²) in [6.45, 7) is 6.32. The smallest absolute Gasteiger partial charge is 0.257 e. The summed E-state index contributed by atoms with van der Waals surface area (Å²) in [5.41, 5.74) is 1.60. The van der Waals surface area contributed by atoms with E-state index < -0.39 is 0 Å². The van der Waals surface area contributed by atoms with Crippen molar-refractivity contribution < 1.29 is 13.9 Å². The molecule has 122 valence electrons. The molecule has 2 aromatic heterocycles. The summed E-state index contributed by atoms with van der Waals surface area (Å²) in [6, 6.07) is 5.41. The number of fused-ring (bicyclic) bond motifs is 1. The molecule has 0 aromatic carbocycles. The highest BCUT2D eigenvalue weighted by Gasteiger charge is 2.36. The third-order valence-corrected chi connectivity index (χ3v) is 4.25. The lowest BCUT2D eigenvalue weighted by molar-refractivity contribution is 0.0913. The van der Waals surface area contributed by atoms with Crippen LogP contribution in [0.5, 0.6) is 5.88 Å². The van der Waals surface area contributed by atoms with Crippen molar-refractivity contribution in [2.75, 3.05) is 7.11 Å². The minimum atomic E-state index is -0.178. The largest absolute Gasteiger partial charge is 0.480 e. The second-order valence-electron chi connectivity index (χ2n) is 6.87. The van der Waals surface area contributed by atoms with Gasteiger partial charge >= 0.3 is 0 Å². The highest BCUT2D eigenvalue weighted by molar-refractivity contribution is 5.96. The summed E-state index contributed by atoms with van der Waals surface area (Å²) in [4.78, 5) is 16.7. The van der Waals surface area contributed by atoms with E-state index in [9.17, 15) is 4.79 Å². The quantitative estimate of drug-likeness (QED) is 0.942. The minimum absolute atomic E-state index is 0.0661. The molecular weight excluding hydrogens is 292 g/mol. The van der Waals surface area contributed by atoms with Crippen molar-refractivity contribution in [1.82, 2.24) is 10.3 Å². The van der Waals surface area contributed by atoms with Crippen molar-refractivity contribution in [1.29, 1.82) is 0 Å². The zero-order valence-electron chi connectivity index (χ0n) is 14.0. The van der Waals surface area contributed by atoms with Gasteiger partial charge in [-0.25, -0.2) is 4.98 Å². The van der Waals surface area contributed by atoms with Gasteiger partial charge in [0.15, 0.2) is 0 Å². The second kappa shape index (κ2) is 5.72. The number of nitrogens with zero attached hydrogens (tertiary/aromatic N) is 1. The van der Waals surface area contributed by atoms with E-state index in [0.29, 0.717) is 11.4 Å². The van der Waals surface area contributed by atoms with Gasteiger partial charge in [0.05, 0.1) is 13.2 Å². The number of pyridine rings is 1. The molecule has 0 fully saturated rings. The van der Waals surface area contributed by atoms with Gasteiger partial charge in [0, 0.05) is 18.2 Å². The third-order valence-electron chi connectivity index (χ3n) is 4.25. The average molecular weight is 314 g/mol. The summed E-state index contributed by atoms with van der Waals surface area (Å²) in [5, 5.41) is 3.12. The number of carbonyl (C=O) groups is 1. The van der Waals surface area contributed by atoms with Gasteiger partial charge in [0.2, 0.25) is 5.88 Å². The van der Waals surface area contributed by atoms with Crippen molar-refractivity contribution in [3.63, 3.8) is 0 Å². The van der Waals surface area contributed by atoms with Crippen molar-refractivity contribution >= 4 is 5.91 Å². The van der Waals surface area contributed by atoms with Crippen LogP contribution in [0.25, 0.3) is 0 Å². The number of methoxy groups -OCH3 is 1. The van der Waals surface area contributed by atoms with Crippen molar-refractivity contribution in [3.05, 3.63) is 47.0 Å². The molecule has 0 saturated heterocycles. The number of ether oxygens (including phenoxy) is 1. The van der Waals surface area contributed by atoms with Gasteiger partial charge in [0.1, 0.15) is 17.1 Å². The fourth-order valence-corrected chi connectivity index (χ4v) is 3.28. The summed E-state index contributed by atoms with van der Waals surface area (Å²) in [6.07, 6.45) is 3.36. The van der Waals surface area contributed by atoms with Crippen LogP contribution in [-0.4, -0.2) is 18.0 Å². The maximum atomic E-state index is 12.7. The fraction of sp³-hybridized carbons (Fsp3) is 0.444. The fourth-order valence-electron chi connectivity index (χ4n) is 3.28. The SMILES string of the molecule is COc1ncccc1C(=O)NC1CC(C)(C)Cc2oc(C)cc21. The zero-order chi connectivity index (χ0) is 16.6. The predicted molar refractivity (Wildman–Crippen MR) is 86.5 cm³/mol. The Morgan fingerprint density at radius 3 is 3.00 bits per heavy atom. The molecule has 23 heavy (non-hydrogen) atoms. The molecule has 2 aromatic rings. The van der Waals surface area contributed by atoms with Crippen LogP contribution in [0.4, 0.5) is 0 Å². The first-order valence-corrected chi connectivity index (χ1v) is 7.79. The van der Waals surface area contributed by atoms with Crippen molar-refractivity contribution in [2.45, 2.75) is 39.7 Å². The highest BCUT2D eigenvalue weighted by Crippen LogP contribution is 2.42. The molecule has 2 heterocycles. The van der Waals surface area contributed by atoms with Crippen LogP contribution in [0, 0.1) is 12.3 Å². The van der Waals surface area contributed by atoms with Crippen LogP contribution >= 0.6 is 0 Å². The number of nitrogens with one attached hydrogen (secondary N) is 1. The predicted octanol–water partition coefficient (Wildman–Crippen LogP) is 3.44.